The summed E-state index contributed by atoms with van der Waals surface area (Å²) in [4.78, 5) is 0. The summed E-state index contributed by atoms with van der Waals surface area (Å²) in [5.74, 6) is 0.611. The maximum absolute atomic E-state index is 10.9. The zero-order chi connectivity index (χ0) is 16.8. The van der Waals surface area contributed by atoms with E-state index < -0.39 is 11.7 Å². The van der Waals surface area contributed by atoms with Gasteiger partial charge in [0.05, 0.1) is 11.7 Å². The molecule has 0 fully saturated rings. The molecule has 0 aromatic rings. The Morgan fingerprint density at radius 1 is 1.18 bits per heavy atom. The monoisotopic (exact) mass is 306 g/mol. The Morgan fingerprint density at radius 3 is 2.50 bits per heavy atom. The summed E-state index contributed by atoms with van der Waals surface area (Å²) in [6, 6.07) is 0. The average molecular weight is 306 g/mol. The third kappa shape index (κ3) is 6.10. The van der Waals surface area contributed by atoms with Crippen molar-refractivity contribution in [3.8, 4) is 0 Å². The van der Waals surface area contributed by atoms with E-state index >= 15 is 0 Å². The van der Waals surface area contributed by atoms with Gasteiger partial charge in [-0.05, 0) is 63.4 Å². The van der Waals surface area contributed by atoms with E-state index in [0.29, 0.717) is 12.3 Å². The third-order valence-electron chi connectivity index (χ3n) is 4.92. The Balaban J connectivity index is 3.00. The summed E-state index contributed by atoms with van der Waals surface area (Å²) >= 11 is 0. The number of aliphatic hydroxyl groups is 2. The highest BCUT2D eigenvalue weighted by atomic mass is 16.3. The van der Waals surface area contributed by atoms with Gasteiger partial charge in [0.2, 0.25) is 0 Å². The molecule has 126 valence electrons. The van der Waals surface area contributed by atoms with Crippen LogP contribution < -0.4 is 0 Å². The normalized spacial score (nSPS) is 38.5. The second-order valence-electron chi connectivity index (χ2n) is 7.32. The van der Waals surface area contributed by atoms with Crippen molar-refractivity contribution >= 4 is 0 Å². The van der Waals surface area contributed by atoms with E-state index in [2.05, 4.69) is 26.0 Å². The highest BCUT2D eigenvalue weighted by Crippen LogP contribution is 2.27. The summed E-state index contributed by atoms with van der Waals surface area (Å²) in [6.07, 6.45) is 12.4. The molecule has 2 heteroatoms. The van der Waals surface area contributed by atoms with Crippen molar-refractivity contribution in [2.24, 2.45) is 11.8 Å². The molecule has 0 aromatic heterocycles. The molecular formula is C20H34O2. The summed E-state index contributed by atoms with van der Waals surface area (Å²) in [6.45, 7) is 10.4. The fraction of sp³-hybridized carbons (Fsp3) is 0.700. The molecule has 0 saturated carbocycles. The van der Waals surface area contributed by atoms with Crippen molar-refractivity contribution in [1.29, 1.82) is 0 Å². The van der Waals surface area contributed by atoms with E-state index in [1.807, 2.05) is 32.9 Å². The molecule has 2 nitrogen and oxygen atoms in total. The van der Waals surface area contributed by atoms with E-state index in [9.17, 15) is 10.2 Å². The maximum atomic E-state index is 10.9. The van der Waals surface area contributed by atoms with Gasteiger partial charge in [-0.25, -0.2) is 0 Å². The minimum Gasteiger partial charge on any atom is -0.389 e. The lowest BCUT2D eigenvalue weighted by molar-refractivity contribution is 0.0452. The zero-order valence-corrected chi connectivity index (χ0v) is 15.0. The molecule has 0 heterocycles. The van der Waals surface area contributed by atoms with Crippen LogP contribution in [0.5, 0.6) is 0 Å². The Bertz CT molecular complexity index is 431. The van der Waals surface area contributed by atoms with Crippen LogP contribution in [-0.2, 0) is 0 Å². The van der Waals surface area contributed by atoms with Crippen LogP contribution in [0.25, 0.3) is 0 Å². The minimum absolute atomic E-state index is 0.146. The fourth-order valence-corrected chi connectivity index (χ4v) is 2.67. The van der Waals surface area contributed by atoms with Crippen molar-refractivity contribution < 1.29 is 10.2 Å². The van der Waals surface area contributed by atoms with E-state index in [0.717, 1.165) is 31.3 Å². The lowest BCUT2D eigenvalue weighted by Crippen LogP contribution is -2.32. The van der Waals surface area contributed by atoms with Crippen LogP contribution in [0.4, 0.5) is 0 Å². The first-order valence-corrected chi connectivity index (χ1v) is 8.66. The highest BCUT2D eigenvalue weighted by molar-refractivity contribution is 5.13. The predicted octanol–water partition coefficient (Wildman–Crippen LogP) is 4.78. The molecule has 2 N–H and O–H groups in total. The van der Waals surface area contributed by atoms with E-state index in [1.165, 1.54) is 5.57 Å². The zero-order valence-electron chi connectivity index (χ0n) is 15.0. The predicted molar refractivity (Wildman–Crippen MR) is 94.7 cm³/mol. The molecule has 1 aliphatic carbocycles. The second kappa shape index (κ2) is 8.69. The summed E-state index contributed by atoms with van der Waals surface area (Å²) < 4.78 is 0. The van der Waals surface area contributed by atoms with Crippen LogP contribution in [0.15, 0.2) is 35.5 Å². The van der Waals surface area contributed by atoms with Crippen molar-refractivity contribution in [3.63, 3.8) is 0 Å². The molecule has 0 aromatic carbocycles. The molecule has 1 aliphatic rings. The van der Waals surface area contributed by atoms with Gasteiger partial charge >= 0.3 is 0 Å². The maximum Gasteiger partial charge on any atom is 0.0884 e. The first kappa shape index (κ1) is 19.2. The van der Waals surface area contributed by atoms with Gasteiger partial charge in [-0.3, -0.25) is 0 Å². The topological polar surface area (TPSA) is 40.5 Å². The van der Waals surface area contributed by atoms with Crippen molar-refractivity contribution in [2.75, 3.05) is 0 Å². The largest absolute Gasteiger partial charge is 0.389 e. The van der Waals surface area contributed by atoms with Gasteiger partial charge in [0, 0.05) is 0 Å². The van der Waals surface area contributed by atoms with Crippen LogP contribution in [0, 0.1) is 11.8 Å². The van der Waals surface area contributed by atoms with Crippen LogP contribution in [0.2, 0.25) is 0 Å². The van der Waals surface area contributed by atoms with Gasteiger partial charge < -0.3 is 10.2 Å². The molecule has 0 amide bonds. The van der Waals surface area contributed by atoms with E-state index in [1.54, 1.807) is 0 Å². The summed E-state index contributed by atoms with van der Waals surface area (Å²) in [5, 5.41) is 21.2. The van der Waals surface area contributed by atoms with Gasteiger partial charge in [-0.15, -0.1) is 0 Å². The van der Waals surface area contributed by atoms with Crippen LogP contribution in [-0.4, -0.2) is 21.9 Å². The molecule has 0 unspecified atom stereocenters. The van der Waals surface area contributed by atoms with Gasteiger partial charge in [0.15, 0.2) is 0 Å². The third-order valence-corrected chi connectivity index (χ3v) is 4.92. The van der Waals surface area contributed by atoms with Crippen LogP contribution >= 0.6 is 0 Å². The molecule has 1 rings (SSSR count). The molecule has 0 spiro atoms. The Hall–Kier alpha value is -0.860. The number of aliphatic hydroxyl groups excluding tert-OH is 1. The van der Waals surface area contributed by atoms with Crippen molar-refractivity contribution in [2.45, 2.75) is 78.4 Å². The highest BCUT2D eigenvalue weighted by Gasteiger charge is 2.27. The molecule has 0 radical (unpaired) electrons. The molecule has 0 aliphatic heterocycles. The lowest BCUT2D eigenvalue weighted by atomic mass is 9.84. The number of hydrogen-bond donors (Lipinski definition) is 2. The molecule has 3 atom stereocenters. The quantitative estimate of drug-likeness (QED) is 0.684. The van der Waals surface area contributed by atoms with Crippen LogP contribution in [0.3, 0.4) is 0 Å². The fourth-order valence-electron chi connectivity index (χ4n) is 2.67. The van der Waals surface area contributed by atoms with Gasteiger partial charge in [-0.1, -0.05) is 50.6 Å². The Morgan fingerprint density at radius 2 is 1.86 bits per heavy atom. The first-order valence-electron chi connectivity index (χ1n) is 8.66. The second-order valence-corrected chi connectivity index (χ2v) is 7.32. The smallest absolute Gasteiger partial charge is 0.0884 e. The number of rotatable bonds is 1. The average Bonchev–Trinajstić information content (AvgIpc) is 2.47. The molecular weight excluding hydrogens is 272 g/mol. The van der Waals surface area contributed by atoms with E-state index in [-0.39, 0.29) is 5.92 Å². The van der Waals surface area contributed by atoms with Crippen molar-refractivity contribution in [1.82, 2.24) is 0 Å². The standard InChI is InChI=1S/C20H34O2/c1-15(2)20(22)13-11-17(4)8-6-7-16(3)9-10-19(21)18(5)12-14-20/h7,11-13,15,17,19,21-22H,6,8-10,14H2,1-5H3/b13-11+,16-7+,18-12+/t17-,19-,20+/m0/s1. The minimum atomic E-state index is -0.828. The number of allylic oxidation sites excluding steroid dienone is 3. The Labute approximate surface area is 136 Å². The lowest BCUT2D eigenvalue weighted by Gasteiger charge is -2.29. The SMILES string of the molecule is C/C1=C\CC[C@H](C)/C=C/[C@](O)(C(C)C)C/C=C(\C)[C@@H](O)CC1. The molecule has 0 bridgehead atoms. The van der Waals surface area contributed by atoms with Crippen LogP contribution in [0.1, 0.15) is 66.7 Å². The van der Waals surface area contributed by atoms with Crippen molar-refractivity contribution in [3.05, 3.63) is 35.5 Å². The molecule has 0 saturated heterocycles. The van der Waals surface area contributed by atoms with E-state index in [4.69, 9.17) is 0 Å². The van der Waals surface area contributed by atoms with Gasteiger partial charge in [-0.2, -0.15) is 0 Å². The van der Waals surface area contributed by atoms with Gasteiger partial charge in [0.25, 0.3) is 0 Å². The molecule has 22 heavy (non-hydrogen) atoms. The summed E-state index contributed by atoms with van der Waals surface area (Å²) in [7, 11) is 0. The first-order chi connectivity index (χ1) is 10.2. The Kier molecular flexibility index (Phi) is 7.58. The number of hydrogen-bond acceptors (Lipinski definition) is 2. The van der Waals surface area contributed by atoms with Gasteiger partial charge in [0.1, 0.15) is 0 Å². The summed E-state index contributed by atoms with van der Waals surface area (Å²) in [5.41, 5.74) is 1.50.